The largest absolute Gasteiger partial charge is 0.347 e. The molecule has 0 aromatic carbocycles. The Morgan fingerprint density at radius 3 is 2.71 bits per heavy atom. The molecule has 7 nitrogen and oxygen atoms in total. The molecule has 166 valence electrons. The fourth-order valence-electron chi connectivity index (χ4n) is 7.62. The molecule has 0 aromatic heterocycles. The topological polar surface area (TPSA) is 87.0 Å². The Kier molecular flexibility index (Phi) is 4.20. The van der Waals surface area contributed by atoms with Gasteiger partial charge in [-0.25, -0.2) is 5.26 Å². The van der Waals surface area contributed by atoms with Gasteiger partial charge in [-0.05, 0) is 36.8 Å². The number of hydrogen-bond donors (Lipinski definition) is 0. The van der Waals surface area contributed by atoms with E-state index >= 15 is 0 Å². The number of ketones is 1. The van der Waals surface area contributed by atoms with Crippen LogP contribution in [0, 0.1) is 29.1 Å². The Bertz CT molecular complexity index is 916. The van der Waals surface area contributed by atoms with Crippen LogP contribution in [-0.2, 0) is 28.5 Å². The number of fused-ring (bicyclic) bond motifs is 3. The maximum absolute atomic E-state index is 13.5. The standard InChI is InChI=1S/C23H28O6.CHN/c1-12-18-11-22-5-3-13-14(9-16(22)19(12)28-20(27-18)29-22)17(24)10-21(2)15(13)4-6-23(21)25-7-8-26-23;1-2/h9,12,15,18-20H,3-8,10-11H2,1-2H3;1H/t12?,15-,18?,19?,20?,21-,22?;/m0./s1. The second-order valence-electron chi connectivity index (χ2n) is 10.3. The maximum Gasteiger partial charge on any atom is 0.273 e. The number of carbonyl (C=O) groups is 1. The molecule has 8 rings (SSSR count). The first-order valence-corrected chi connectivity index (χ1v) is 11.5. The first-order chi connectivity index (χ1) is 14.9. The van der Waals surface area contributed by atoms with E-state index in [-0.39, 0.29) is 34.9 Å². The lowest BCUT2D eigenvalue weighted by Gasteiger charge is -2.59. The van der Waals surface area contributed by atoms with E-state index in [9.17, 15) is 4.79 Å². The molecule has 8 aliphatic rings. The third-order valence-electron chi connectivity index (χ3n) is 9.14. The number of rotatable bonds is 0. The number of Topliss-reactive ketones (excluding diaryl/α,β-unsaturated/α-hetero) is 1. The highest BCUT2D eigenvalue weighted by Gasteiger charge is 2.66. The molecule has 4 bridgehead atoms. The molecule has 6 fully saturated rings. The second kappa shape index (κ2) is 6.49. The number of carbonyl (C=O) groups excluding carboxylic acids is 1. The van der Waals surface area contributed by atoms with Crippen molar-refractivity contribution in [3.63, 3.8) is 0 Å². The SMILES string of the molecule is C#N.CC1C2CC34CCC5=C(C=C3C1OC(O2)O4)C(=O)C[C@@]1(C)[C@H]5CCC12OCCO2. The molecule has 2 spiro atoms. The van der Waals surface area contributed by atoms with Crippen molar-refractivity contribution in [1.29, 1.82) is 5.26 Å². The van der Waals surface area contributed by atoms with E-state index in [1.165, 1.54) is 11.1 Å². The molecule has 4 heterocycles. The summed E-state index contributed by atoms with van der Waals surface area (Å²) < 4.78 is 30.6. The first-order valence-electron chi connectivity index (χ1n) is 11.5. The lowest BCUT2D eigenvalue weighted by molar-refractivity contribution is -0.442. The van der Waals surface area contributed by atoms with Crippen LogP contribution < -0.4 is 0 Å². The Hall–Kier alpha value is -1.56. The van der Waals surface area contributed by atoms with Crippen molar-refractivity contribution in [3.05, 3.63) is 22.8 Å². The summed E-state index contributed by atoms with van der Waals surface area (Å²) >= 11 is 0. The second-order valence-corrected chi connectivity index (χ2v) is 10.3. The third kappa shape index (κ3) is 2.38. The van der Waals surface area contributed by atoms with Crippen LogP contribution in [0.1, 0.15) is 52.4 Å². The normalized spacial score (nSPS) is 48.5. The summed E-state index contributed by atoms with van der Waals surface area (Å²) in [6.45, 7) is 8.60. The van der Waals surface area contributed by atoms with E-state index in [2.05, 4.69) is 26.5 Å². The molecule has 0 radical (unpaired) electrons. The summed E-state index contributed by atoms with van der Waals surface area (Å²) in [5, 5.41) is 6.50. The molecule has 5 unspecified atom stereocenters. The van der Waals surface area contributed by atoms with Crippen LogP contribution in [0.5, 0.6) is 0 Å². The van der Waals surface area contributed by atoms with Gasteiger partial charge in [-0.1, -0.05) is 19.4 Å². The van der Waals surface area contributed by atoms with Gasteiger partial charge in [0.15, 0.2) is 11.6 Å². The molecule has 7 heteroatoms. The van der Waals surface area contributed by atoms with E-state index in [4.69, 9.17) is 28.9 Å². The number of nitriles is 1. The van der Waals surface area contributed by atoms with E-state index in [0.29, 0.717) is 25.6 Å². The minimum Gasteiger partial charge on any atom is -0.347 e. The van der Waals surface area contributed by atoms with E-state index < -0.39 is 12.3 Å². The quantitative estimate of drug-likeness (QED) is 0.587. The fraction of sp³-hybridized carbons (Fsp3) is 0.750. The van der Waals surface area contributed by atoms with Gasteiger partial charge in [0.2, 0.25) is 0 Å². The van der Waals surface area contributed by atoms with Gasteiger partial charge in [0, 0.05) is 42.7 Å². The minimum atomic E-state index is -0.587. The van der Waals surface area contributed by atoms with Crippen molar-refractivity contribution < 1.29 is 28.5 Å². The molecule has 4 saturated heterocycles. The first kappa shape index (κ1) is 20.1. The molecule has 31 heavy (non-hydrogen) atoms. The molecule has 2 saturated carbocycles. The molecule has 7 atom stereocenters. The van der Waals surface area contributed by atoms with Crippen LogP contribution in [0.15, 0.2) is 22.8 Å². The van der Waals surface area contributed by atoms with Gasteiger partial charge in [-0.15, -0.1) is 0 Å². The van der Waals surface area contributed by atoms with Crippen molar-refractivity contribution in [1.82, 2.24) is 0 Å². The van der Waals surface area contributed by atoms with Gasteiger partial charge >= 0.3 is 0 Å². The Morgan fingerprint density at radius 2 is 1.94 bits per heavy atom. The predicted octanol–water partition coefficient (Wildman–Crippen LogP) is 3.15. The average molecular weight is 427 g/mol. The van der Waals surface area contributed by atoms with Gasteiger partial charge < -0.3 is 23.7 Å². The van der Waals surface area contributed by atoms with Crippen molar-refractivity contribution in [2.45, 2.75) is 82.4 Å². The summed E-state index contributed by atoms with van der Waals surface area (Å²) in [5.74, 6) is 0.248. The van der Waals surface area contributed by atoms with Gasteiger partial charge in [0.25, 0.3) is 6.48 Å². The highest BCUT2D eigenvalue weighted by molar-refractivity contribution is 6.01. The fourth-order valence-corrected chi connectivity index (χ4v) is 7.62. The smallest absolute Gasteiger partial charge is 0.273 e. The minimum absolute atomic E-state index is 0.00868. The molecule has 4 aliphatic heterocycles. The highest BCUT2D eigenvalue weighted by Crippen LogP contribution is 2.64. The zero-order chi connectivity index (χ0) is 21.6. The predicted molar refractivity (Wildman–Crippen MR) is 107 cm³/mol. The number of ether oxygens (including phenoxy) is 5. The zero-order valence-corrected chi connectivity index (χ0v) is 18.1. The van der Waals surface area contributed by atoms with Crippen LogP contribution >= 0.6 is 0 Å². The van der Waals surface area contributed by atoms with E-state index in [1.807, 2.05) is 0 Å². The number of hydrogen-bond acceptors (Lipinski definition) is 7. The monoisotopic (exact) mass is 427 g/mol. The van der Waals surface area contributed by atoms with Crippen LogP contribution in [0.4, 0.5) is 0 Å². The number of allylic oxidation sites excluding steroid dienone is 3. The van der Waals surface area contributed by atoms with E-state index in [0.717, 1.165) is 37.7 Å². The summed E-state index contributed by atoms with van der Waals surface area (Å²) in [7, 11) is 0. The number of nitrogens with zero attached hydrogens (tertiary/aromatic N) is 1. The Labute approximate surface area is 182 Å². The van der Waals surface area contributed by atoms with Gasteiger partial charge in [-0.2, -0.15) is 0 Å². The van der Waals surface area contributed by atoms with Crippen molar-refractivity contribution in [2.24, 2.45) is 17.3 Å². The molecule has 4 aliphatic carbocycles. The van der Waals surface area contributed by atoms with Crippen LogP contribution in [0.25, 0.3) is 0 Å². The molecule has 0 aromatic rings. The summed E-state index contributed by atoms with van der Waals surface area (Å²) in [4.78, 5) is 13.5. The van der Waals surface area contributed by atoms with Gasteiger partial charge in [0.05, 0.1) is 25.4 Å². The molecule has 0 amide bonds. The molecular formula is C24H29NO6. The zero-order valence-electron chi connectivity index (χ0n) is 18.1. The molecule has 0 N–H and O–H groups in total. The maximum atomic E-state index is 13.5. The lowest BCUT2D eigenvalue weighted by atomic mass is 9.63. The third-order valence-corrected chi connectivity index (χ3v) is 9.14. The van der Waals surface area contributed by atoms with E-state index in [1.54, 1.807) is 0 Å². The van der Waals surface area contributed by atoms with Crippen molar-refractivity contribution in [3.8, 4) is 6.57 Å². The van der Waals surface area contributed by atoms with Crippen LogP contribution in [0.2, 0.25) is 0 Å². The Morgan fingerprint density at radius 1 is 1.16 bits per heavy atom. The van der Waals surface area contributed by atoms with Crippen molar-refractivity contribution >= 4 is 5.78 Å². The van der Waals surface area contributed by atoms with Crippen LogP contribution in [-0.4, -0.2) is 49.1 Å². The lowest BCUT2D eigenvalue weighted by Crippen LogP contribution is -2.66. The summed E-state index contributed by atoms with van der Waals surface area (Å²) in [6.07, 6.45) is 7.35. The highest BCUT2D eigenvalue weighted by atomic mass is 16.9. The summed E-state index contributed by atoms with van der Waals surface area (Å²) in [6, 6.07) is 0. The van der Waals surface area contributed by atoms with Gasteiger partial charge in [-0.3, -0.25) is 4.79 Å². The van der Waals surface area contributed by atoms with Gasteiger partial charge in [0.1, 0.15) is 5.60 Å². The average Bonchev–Trinajstić information content (AvgIpc) is 3.30. The summed E-state index contributed by atoms with van der Waals surface area (Å²) in [5.41, 5.74) is 2.77. The molecular weight excluding hydrogens is 398 g/mol. The van der Waals surface area contributed by atoms with Crippen molar-refractivity contribution in [2.75, 3.05) is 13.2 Å². The Balaban J connectivity index is 0.000000902. The van der Waals surface area contributed by atoms with Crippen LogP contribution in [0.3, 0.4) is 0 Å².